The van der Waals surface area contributed by atoms with Crippen molar-refractivity contribution in [3.05, 3.63) is 84.1 Å². The van der Waals surface area contributed by atoms with Crippen LogP contribution in [0, 0.1) is 0 Å². The highest BCUT2D eigenvalue weighted by Crippen LogP contribution is 2.26. The summed E-state index contributed by atoms with van der Waals surface area (Å²) in [5, 5.41) is 0. The van der Waals surface area contributed by atoms with Gasteiger partial charge in [0, 0.05) is 0 Å². The number of hydrogen-bond acceptors (Lipinski definition) is 3. The molecule has 2 heterocycles. The van der Waals surface area contributed by atoms with Gasteiger partial charge in [-0.2, -0.15) is 0 Å². The van der Waals surface area contributed by atoms with E-state index in [9.17, 15) is 0 Å². The zero-order chi connectivity index (χ0) is 19.3. The van der Waals surface area contributed by atoms with Crippen LogP contribution in [-0.2, 0) is 6.54 Å². The van der Waals surface area contributed by atoms with Crippen molar-refractivity contribution in [3.63, 3.8) is 0 Å². The summed E-state index contributed by atoms with van der Waals surface area (Å²) in [6.45, 7) is 5.66. The SMILES string of the molecule is CC(C)c1ccccc1OCCn1c(/C=C/c2ccco2)nc2ccccc21. The van der Waals surface area contributed by atoms with Crippen molar-refractivity contribution in [2.45, 2.75) is 26.3 Å². The standard InChI is InChI=1S/C24H24N2O2/c1-18(2)20-9-3-6-12-23(20)28-17-15-26-22-11-5-4-10-21(22)25-24(26)14-13-19-8-7-16-27-19/h3-14,16,18H,15,17H2,1-2H3/b14-13+. The monoisotopic (exact) mass is 372 g/mol. The van der Waals surface area contributed by atoms with Crippen LogP contribution in [0.3, 0.4) is 0 Å². The van der Waals surface area contributed by atoms with Gasteiger partial charge >= 0.3 is 0 Å². The van der Waals surface area contributed by atoms with E-state index in [2.05, 4.69) is 36.6 Å². The molecule has 142 valence electrons. The maximum atomic E-state index is 6.13. The van der Waals surface area contributed by atoms with Gasteiger partial charge in [-0.05, 0) is 54.0 Å². The van der Waals surface area contributed by atoms with Crippen LogP contribution >= 0.6 is 0 Å². The number of nitrogens with zero attached hydrogens (tertiary/aromatic N) is 2. The highest BCUT2D eigenvalue weighted by Gasteiger charge is 2.10. The Morgan fingerprint density at radius 2 is 1.82 bits per heavy atom. The number of benzene rings is 2. The number of imidazole rings is 1. The van der Waals surface area contributed by atoms with E-state index in [1.54, 1.807) is 6.26 Å². The van der Waals surface area contributed by atoms with Gasteiger partial charge in [-0.15, -0.1) is 0 Å². The molecule has 4 rings (SSSR count). The average molecular weight is 372 g/mol. The number of rotatable bonds is 7. The number of ether oxygens (including phenoxy) is 1. The van der Waals surface area contributed by atoms with E-state index in [-0.39, 0.29) is 0 Å². The molecule has 4 heteroatoms. The summed E-state index contributed by atoms with van der Waals surface area (Å²) in [6.07, 6.45) is 5.59. The van der Waals surface area contributed by atoms with Crippen LogP contribution in [0.2, 0.25) is 0 Å². The van der Waals surface area contributed by atoms with Crippen molar-refractivity contribution in [2.24, 2.45) is 0 Å². The number of para-hydroxylation sites is 3. The third-order valence-corrected chi connectivity index (χ3v) is 4.74. The minimum atomic E-state index is 0.428. The molecular weight excluding hydrogens is 348 g/mol. The highest BCUT2D eigenvalue weighted by molar-refractivity contribution is 5.79. The van der Waals surface area contributed by atoms with E-state index >= 15 is 0 Å². The molecule has 0 saturated carbocycles. The van der Waals surface area contributed by atoms with E-state index < -0.39 is 0 Å². The fourth-order valence-corrected chi connectivity index (χ4v) is 3.33. The van der Waals surface area contributed by atoms with E-state index in [1.807, 2.05) is 54.6 Å². The lowest BCUT2D eigenvalue weighted by molar-refractivity contribution is 0.296. The molecule has 0 fully saturated rings. The summed E-state index contributed by atoms with van der Waals surface area (Å²) in [5.41, 5.74) is 3.31. The molecule has 4 nitrogen and oxygen atoms in total. The Hall–Kier alpha value is -3.27. The number of fused-ring (bicyclic) bond motifs is 1. The first-order chi connectivity index (χ1) is 13.7. The third kappa shape index (κ3) is 3.86. The smallest absolute Gasteiger partial charge is 0.134 e. The van der Waals surface area contributed by atoms with Crippen LogP contribution in [0.5, 0.6) is 5.75 Å². The highest BCUT2D eigenvalue weighted by atomic mass is 16.5. The minimum Gasteiger partial charge on any atom is -0.491 e. The van der Waals surface area contributed by atoms with Gasteiger partial charge in [0.2, 0.25) is 0 Å². The maximum Gasteiger partial charge on any atom is 0.134 e. The molecular formula is C24H24N2O2. The molecule has 0 radical (unpaired) electrons. The molecule has 28 heavy (non-hydrogen) atoms. The topological polar surface area (TPSA) is 40.2 Å². The quantitative estimate of drug-likeness (QED) is 0.399. The zero-order valence-electron chi connectivity index (χ0n) is 16.2. The Morgan fingerprint density at radius 1 is 1.00 bits per heavy atom. The van der Waals surface area contributed by atoms with Crippen LogP contribution in [0.15, 0.2) is 71.3 Å². The second-order valence-corrected chi connectivity index (χ2v) is 7.00. The Labute approximate surface area is 165 Å². The number of aromatic nitrogens is 2. The molecule has 2 aromatic carbocycles. The van der Waals surface area contributed by atoms with Gasteiger partial charge in [-0.25, -0.2) is 4.98 Å². The lowest BCUT2D eigenvalue weighted by Crippen LogP contribution is -2.10. The van der Waals surface area contributed by atoms with E-state index in [0.29, 0.717) is 19.1 Å². The average Bonchev–Trinajstić information content (AvgIpc) is 3.34. The van der Waals surface area contributed by atoms with Crippen molar-refractivity contribution in [1.29, 1.82) is 0 Å². The predicted molar refractivity (Wildman–Crippen MR) is 113 cm³/mol. The van der Waals surface area contributed by atoms with Gasteiger partial charge in [0.25, 0.3) is 0 Å². The molecule has 4 aromatic rings. The zero-order valence-corrected chi connectivity index (χ0v) is 16.2. The Kier molecular flexibility index (Phi) is 5.29. The fraction of sp³-hybridized carbons (Fsp3) is 0.208. The molecule has 0 amide bonds. The summed E-state index contributed by atoms with van der Waals surface area (Å²) >= 11 is 0. The van der Waals surface area contributed by atoms with E-state index in [4.69, 9.17) is 14.1 Å². The van der Waals surface area contributed by atoms with Gasteiger partial charge < -0.3 is 13.7 Å². The molecule has 0 spiro atoms. The molecule has 0 atom stereocenters. The lowest BCUT2D eigenvalue weighted by Gasteiger charge is -2.14. The van der Waals surface area contributed by atoms with Crippen LogP contribution in [0.4, 0.5) is 0 Å². The van der Waals surface area contributed by atoms with Gasteiger partial charge in [0.1, 0.15) is 23.9 Å². The normalized spacial score (nSPS) is 11.7. The molecule has 0 aliphatic heterocycles. The van der Waals surface area contributed by atoms with Crippen LogP contribution in [0.1, 0.15) is 36.9 Å². The van der Waals surface area contributed by atoms with E-state index in [0.717, 1.165) is 28.4 Å². The molecule has 0 saturated heterocycles. The summed E-state index contributed by atoms with van der Waals surface area (Å²) in [5.74, 6) is 3.07. The van der Waals surface area contributed by atoms with Crippen molar-refractivity contribution in [2.75, 3.05) is 6.61 Å². The largest absolute Gasteiger partial charge is 0.491 e. The second kappa shape index (κ2) is 8.17. The van der Waals surface area contributed by atoms with Crippen LogP contribution < -0.4 is 4.74 Å². The summed E-state index contributed by atoms with van der Waals surface area (Å²) in [6, 6.07) is 20.2. The minimum absolute atomic E-state index is 0.428. The number of furan rings is 1. The van der Waals surface area contributed by atoms with Gasteiger partial charge in [0.05, 0.1) is 23.8 Å². The predicted octanol–water partition coefficient (Wildman–Crippen LogP) is 6.00. The van der Waals surface area contributed by atoms with Crippen molar-refractivity contribution in [1.82, 2.24) is 9.55 Å². The summed E-state index contributed by atoms with van der Waals surface area (Å²) in [7, 11) is 0. The first-order valence-electron chi connectivity index (χ1n) is 9.61. The molecule has 0 N–H and O–H groups in total. The number of hydrogen-bond donors (Lipinski definition) is 0. The Balaban J connectivity index is 1.57. The maximum absolute atomic E-state index is 6.13. The van der Waals surface area contributed by atoms with Gasteiger partial charge in [-0.1, -0.05) is 44.2 Å². The van der Waals surface area contributed by atoms with Crippen molar-refractivity contribution in [3.8, 4) is 5.75 Å². The first-order valence-corrected chi connectivity index (χ1v) is 9.61. The van der Waals surface area contributed by atoms with Crippen LogP contribution in [-0.4, -0.2) is 16.2 Å². The van der Waals surface area contributed by atoms with Crippen molar-refractivity contribution >= 4 is 23.2 Å². The molecule has 0 aliphatic rings. The molecule has 2 aromatic heterocycles. The lowest BCUT2D eigenvalue weighted by atomic mass is 10.0. The van der Waals surface area contributed by atoms with Gasteiger partial charge in [0.15, 0.2) is 0 Å². The first kappa shape index (κ1) is 18.1. The van der Waals surface area contributed by atoms with Crippen molar-refractivity contribution < 1.29 is 9.15 Å². The fourth-order valence-electron chi connectivity index (χ4n) is 3.33. The Morgan fingerprint density at radius 3 is 2.64 bits per heavy atom. The molecule has 0 aliphatic carbocycles. The van der Waals surface area contributed by atoms with Crippen LogP contribution in [0.25, 0.3) is 23.2 Å². The van der Waals surface area contributed by atoms with Gasteiger partial charge in [-0.3, -0.25) is 0 Å². The van der Waals surface area contributed by atoms with E-state index in [1.165, 1.54) is 5.56 Å². The molecule has 0 unspecified atom stereocenters. The summed E-state index contributed by atoms with van der Waals surface area (Å²) < 4.78 is 13.7. The summed E-state index contributed by atoms with van der Waals surface area (Å²) in [4.78, 5) is 4.76. The second-order valence-electron chi connectivity index (χ2n) is 7.00. The third-order valence-electron chi connectivity index (χ3n) is 4.74. The Bertz CT molecular complexity index is 1080. The molecule has 0 bridgehead atoms.